The number of rotatable bonds is 7. The number of carboxylic acids is 1. The van der Waals surface area contributed by atoms with Gasteiger partial charge in [-0.2, -0.15) is 0 Å². The van der Waals surface area contributed by atoms with E-state index in [0.29, 0.717) is 13.0 Å². The van der Waals surface area contributed by atoms with Crippen molar-refractivity contribution in [3.8, 4) is 5.75 Å². The Labute approximate surface area is 111 Å². The molecule has 0 aliphatic carbocycles. The minimum Gasteiger partial charge on any atom is -0.493 e. The van der Waals surface area contributed by atoms with Crippen LogP contribution in [0, 0.1) is 0 Å². The number of sulfonamides is 1. The monoisotopic (exact) mass is 289 g/mol. The fraction of sp³-hybridized carbons (Fsp3) is 0.364. The number of hydrogen-bond acceptors (Lipinski definition) is 5. The number of benzene rings is 1. The third kappa shape index (κ3) is 4.51. The van der Waals surface area contributed by atoms with Crippen molar-refractivity contribution in [1.82, 2.24) is 0 Å². The summed E-state index contributed by atoms with van der Waals surface area (Å²) in [4.78, 5) is 10.8. The van der Waals surface area contributed by atoms with E-state index in [9.17, 15) is 13.2 Å². The van der Waals surface area contributed by atoms with Gasteiger partial charge in [-0.3, -0.25) is 0 Å². The van der Waals surface area contributed by atoms with Gasteiger partial charge in [-0.05, 0) is 18.2 Å². The van der Waals surface area contributed by atoms with Gasteiger partial charge in [0.05, 0.1) is 11.5 Å². The fourth-order valence-electron chi connectivity index (χ4n) is 1.36. The van der Waals surface area contributed by atoms with E-state index in [4.69, 9.17) is 19.7 Å². The molecule has 0 radical (unpaired) electrons. The predicted molar refractivity (Wildman–Crippen MR) is 66.8 cm³/mol. The zero-order valence-electron chi connectivity index (χ0n) is 10.3. The molecule has 0 fully saturated rings. The first-order valence-electron chi connectivity index (χ1n) is 5.38. The molecule has 0 aromatic heterocycles. The molecule has 7 nitrogen and oxygen atoms in total. The molecule has 8 heteroatoms. The van der Waals surface area contributed by atoms with Crippen molar-refractivity contribution < 1.29 is 27.8 Å². The van der Waals surface area contributed by atoms with E-state index in [1.54, 1.807) is 7.11 Å². The van der Waals surface area contributed by atoms with Crippen LogP contribution in [0.2, 0.25) is 0 Å². The first-order chi connectivity index (χ1) is 8.86. The van der Waals surface area contributed by atoms with Crippen LogP contribution in [-0.4, -0.2) is 39.8 Å². The van der Waals surface area contributed by atoms with Crippen LogP contribution in [0.25, 0.3) is 0 Å². The molecule has 1 rings (SSSR count). The van der Waals surface area contributed by atoms with E-state index in [1.807, 2.05) is 0 Å². The van der Waals surface area contributed by atoms with Crippen molar-refractivity contribution in [3.05, 3.63) is 23.8 Å². The van der Waals surface area contributed by atoms with Crippen LogP contribution in [0.4, 0.5) is 0 Å². The number of aromatic carboxylic acids is 1. The highest BCUT2D eigenvalue weighted by molar-refractivity contribution is 7.89. The second kappa shape index (κ2) is 6.50. The summed E-state index contributed by atoms with van der Waals surface area (Å²) < 4.78 is 32.4. The Kier molecular flexibility index (Phi) is 5.28. The summed E-state index contributed by atoms with van der Waals surface area (Å²) in [6, 6.07) is 3.45. The molecule has 0 unspecified atom stereocenters. The second-order valence-electron chi connectivity index (χ2n) is 3.70. The Morgan fingerprint density at radius 1 is 1.37 bits per heavy atom. The summed E-state index contributed by atoms with van der Waals surface area (Å²) in [5, 5.41) is 14.0. The largest absolute Gasteiger partial charge is 0.493 e. The van der Waals surface area contributed by atoms with Gasteiger partial charge in [0.15, 0.2) is 0 Å². The summed E-state index contributed by atoms with van der Waals surface area (Å²) >= 11 is 0. The Morgan fingerprint density at radius 3 is 2.58 bits per heavy atom. The summed E-state index contributed by atoms with van der Waals surface area (Å²) in [7, 11) is -2.40. The third-order valence-corrected chi connectivity index (χ3v) is 3.17. The lowest BCUT2D eigenvalue weighted by Crippen LogP contribution is -2.14. The molecule has 1 aromatic rings. The quantitative estimate of drug-likeness (QED) is 0.704. The van der Waals surface area contributed by atoms with E-state index in [0.717, 1.165) is 6.07 Å². The Balaban J connectivity index is 2.96. The molecule has 3 N–H and O–H groups in total. The van der Waals surface area contributed by atoms with Crippen molar-refractivity contribution in [2.75, 3.05) is 20.3 Å². The molecular weight excluding hydrogens is 274 g/mol. The smallest absolute Gasteiger partial charge is 0.339 e. The van der Waals surface area contributed by atoms with Crippen molar-refractivity contribution in [1.29, 1.82) is 0 Å². The van der Waals surface area contributed by atoms with Crippen molar-refractivity contribution >= 4 is 16.0 Å². The number of hydrogen-bond donors (Lipinski definition) is 2. The Hall–Kier alpha value is -1.64. The maximum absolute atomic E-state index is 11.1. The molecule has 0 heterocycles. The van der Waals surface area contributed by atoms with Gasteiger partial charge in [-0.15, -0.1) is 0 Å². The van der Waals surface area contributed by atoms with Crippen LogP contribution in [0.3, 0.4) is 0 Å². The van der Waals surface area contributed by atoms with Crippen LogP contribution in [0.15, 0.2) is 23.1 Å². The fourth-order valence-corrected chi connectivity index (χ4v) is 1.90. The van der Waals surface area contributed by atoms with Crippen molar-refractivity contribution in [2.24, 2.45) is 5.14 Å². The number of carbonyl (C=O) groups is 1. The third-order valence-electron chi connectivity index (χ3n) is 2.26. The van der Waals surface area contributed by atoms with Gasteiger partial charge in [0.2, 0.25) is 10.0 Å². The molecule has 106 valence electrons. The van der Waals surface area contributed by atoms with Crippen LogP contribution < -0.4 is 9.88 Å². The molecule has 0 amide bonds. The maximum Gasteiger partial charge on any atom is 0.339 e. The number of primary sulfonamides is 1. The number of carboxylic acid groups (broad SMARTS) is 1. The first-order valence-corrected chi connectivity index (χ1v) is 6.92. The topological polar surface area (TPSA) is 116 Å². The summed E-state index contributed by atoms with van der Waals surface area (Å²) in [6.45, 7) is 0.751. The van der Waals surface area contributed by atoms with Crippen molar-refractivity contribution in [2.45, 2.75) is 11.3 Å². The SMILES string of the molecule is COCCCOc1ccc(S(N)(=O)=O)cc1C(=O)O. The van der Waals surface area contributed by atoms with Gasteiger partial charge in [-0.25, -0.2) is 18.4 Å². The van der Waals surface area contributed by atoms with E-state index < -0.39 is 16.0 Å². The summed E-state index contributed by atoms with van der Waals surface area (Å²) in [5.74, 6) is -1.19. The normalized spacial score (nSPS) is 11.3. The molecule has 1 aromatic carbocycles. The highest BCUT2D eigenvalue weighted by atomic mass is 32.2. The van der Waals surface area contributed by atoms with Crippen LogP contribution in [0.5, 0.6) is 5.75 Å². The molecule has 0 spiro atoms. The van der Waals surface area contributed by atoms with E-state index in [-0.39, 0.29) is 22.8 Å². The van der Waals surface area contributed by atoms with Gasteiger partial charge in [-0.1, -0.05) is 0 Å². The number of nitrogens with two attached hydrogens (primary N) is 1. The lowest BCUT2D eigenvalue weighted by atomic mass is 10.2. The Bertz CT molecular complexity index is 554. The number of ether oxygens (including phenoxy) is 2. The van der Waals surface area contributed by atoms with Crippen LogP contribution in [0.1, 0.15) is 16.8 Å². The average molecular weight is 289 g/mol. The van der Waals surface area contributed by atoms with Gasteiger partial charge >= 0.3 is 5.97 Å². The highest BCUT2D eigenvalue weighted by Crippen LogP contribution is 2.22. The first kappa shape index (κ1) is 15.4. The molecule has 0 saturated heterocycles. The summed E-state index contributed by atoms with van der Waals surface area (Å²) in [6.07, 6.45) is 0.590. The molecule has 0 atom stereocenters. The summed E-state index contributed by atoms with van der Waals surface area (Å²) in [5.41, 5.74) is -0.246. The standard InChI is InChI=1S/C11H15NO6S/c1-17-5-2-6-18-10-4-3-8(19(12,15)16)7-9(10)11(13)14/h3-4,7H,2,5-6H2,1H3,(H,13,14)(H2,12,15,16). The zero-order valence-corrected chi connectivity index (χ0v) is 11.1. The van der Waals surface area contributed by atoms with Gasteiger partial charge in [0.1, 0.15) is 11.3 Å². The lowest BCUT2D eigenvalue weighted by molar-refractivity contribution is 0.0691. The lowest BCUT2D eigenvalue weighted by Gasteiger charge is -2.10. The molecule has 0 bridgehead atoms. The molecule has 0 aliphatic rings. The van der Waals surface area contributed by atoms with Crippen LogP contribution in [-0.2, 0) is 14.8 Å². The minimum atomic E-state index is -3.94. The van der Waals surface area contributed by atoms with E-state index >= 15 is 0 Å². The highest BCUT2D eigenvalue weighted by Gasteiger charge is 2.16. The van der Waals surface area contributed by atoms with E-state index in [1.165, 1.54) is 12.1 Å². The maximum atomic E-state index is 11.1. The molecular formula is C11H15NO6S. The van der Waals surface area contributed by atoms with Crippen LogP contribution >= 0.6 is 0 Å². The minimum absolute atomic E-state index is 0.0935. The zero-order chi connectivity index (χ0) is 14.5. The molecule has 0 aliphatic heterocycles. The predicted octanol–water partition coefficient (Wildman–Crippen LogP) is 0.448. The molecule has 19 heavy (non-hydrogen) atoms. The Morgan fingerprint density at radius 2 is 2.05 bits per heavy atom. The van der Waals surface area contributed by atoms with Gasteiger partial charge < -0.3 is 14.6 Å². The average Bonchev–Trinajstić information content (AvgIpc) is 2.33. The van der Waals surface area contributed by atoms with E-state index in [2.05, 4.69) is 0 Å². The van der Waals surface area contributed by atoms with Gasteiger partial charge in [0, 0.05) is 20.1 Å². The van der Waals surface area contributed by atoms with Gasteiger partial charge in [0.25, 0.3) is 0 Å². The van der Waals surface area contributed by atoms with Crippen molar-refractivity contribution in [3.63, 3.8) is 0 Å². The molecule has 0 saturated carbocycles. The number of methoxy groups -OCH3 is 1. The second-order valence-corrected chi connectivity index (χ2v) is 5.26.